The summed E-state index contributed by atoms with van der Waals surface area (Å²) in [5.74, 6) is 0. The Kier molecular flexibility index (Phi) is 6.08. The number of nitrogens with two attached hydrogens (primary N) is 1. The number of halogens is 2. The van der Waals surface area contributed by atoms with Crippen molar-refractivity contribution in [1.82, 2.24) is 0 Å². The lowest BCUT2D eigenvalue weighted by Gasteiger charge is -2.08. The van der Waals surface area contributed by atoms with Crippen LogP contribution in [0, 0.1) is 0 Å². The van der Waals surface area contributed by atoms with E-state index in [-0.39, 0.29) is 25.0 Å². The van der Waals surface area contributed by atoms with Crippen molar-refractivity contribution < 1.29 is 0 Å². The molecule has 2 N–H and O–H groups in total. The number of hydrogen-bond acceptors (Lipinski definition) is 2. The van der Waals surface area contributed by atoms with Crippen molar-refractivity contribution in [3.63, 3.8) is 0 Å². The molecule has 1 aromatic carbocycles. The van der Waals surface area contributed by atoms with Crippen LogP contribution in [0.3, 0.4) is 0 Å². The molecule has 14 heavy (non-hydrogen) atoms. The molecule has 4 nitrogen and oxygen atoms in total. The lowest BCUT2D eigenvalue weighted by Crippen LogP contribution is -2.12. The van der Waals surface area contributed by atoms with E-state index in [2.05, 4.69) is 10.0 Å². The second-order valence-electron chi connectivity index (χ2n) is 2.57. The van der Waals surface area contributed by atoms with Crippen LogP contribution < -0.4 is 5.73 Å². The number of benzene rings is 1. The van der Waals surface area contributed by atoms with Gasteiger partial charge in [0.05, 0.1) is 0 Å². The number of rotatable bonds is 3. The Morgan fingerprint density at radius 3 is 2.86 bits per heavy atom. The predicted octanol–water partition coefficient (Wildman–Crippen LogP) is 3.07. The third-order valence-corrected chi connectivity index (χ3v) is 1.85. The summed E-state index contributed by atoms with van der Waals surface area (Å²) in [6.07, 6.45) is 0. The van der Waals surface area contributed by atoms with Crippen molar-refractivity contribution in [1.29, 1.82) is 0 Å². The second kappa shape index (κ2) is 6.51. The Labute approximate surface area is 93.1 Å². The average molecular weight is 233 g/mol. The third kappa shape index (κ3) is 3.85. The van der Waals surface area contributed by atoms with Gasteiger partial charge in [-0.2, -0.15) is 0 Å². The maximum absolute atomic E-state index is 8.09. The maximum atomic E-state index is 8.09. The van der Waals surface area contributed by atoms with Gasteiger partial charge in [-0.05, 0) is 23.2 Å². The molecule has 6 heteroatoms. The highest BCUT2D eigenvalue weighted by atomic mass is 35.5. The largest absolute Gasteiger partial charge is 0.324 e. The van der Waals surface area contributed by atoms with E-state index in [1.165, 1.54) is 0 Å². The summed E-state index contributed by atoms with van der Waals surface area (Å²) in [6.45, 7) is 0.247. The van der Waals surface area contributed by atoms with Crippen LogP contribution in [0.5, 0.6) is 0 Å². The second-order valence-corrected chi connectivity index (χ2v) is 3.01. The summed E-state index contributed by atoms with van der Waals surface area (Å²) in [4.78, 5) is 2.64. The van der Waals surface area contributed by atoms with Crippen molar-refractivity contribution >= 4 is 24.0 Å². The maximum Gasteiger partial charge on any atom is 0.0451 e. The summed E-state index contributed by atoms with van der Waals surface area (Å²) in [5, 5.41) is 4.02. The van der Waals surface area contributed by atoms with Crippen LogP contribution in [-0.4, -0.2) is 6.54 Å². The minimum atomic E-state index is -0.283. The smallest absolute Gasteiger partial charge is 0.0451 e. The van der Waals surface area contributed by atoms with E-state index in [0.29, 0.717) is 5.02 Å². The van der Waals surface area contributed by atoms with Gasteiger partial charge in [-0.1, -0.05) is 28.8 Å². The van der Waals surface area contributed by atoms with Gasteiger partial charge in [0.25, 0.3) is 0 Å². The molecule has 0 aliphatic carbocycles. The lowest BCUT2D eigenvalue weighted by atomic mass is 10.1. The van der Waals surface area contributed by atoms with E-state index in [1.807, 2.05) is 12.1 Å². The number of azide groups is 1. The van der Waals surface area contributed by atoms with E-state index < -0.39 is 0 Å². The van der Waals surface area contributed by atoms with Gasteiger partial charge in [-0.3, -0.25) is 0 Å². The molecule has 0 amide bonds. The molecule has 0 heterocycles. The molecule has 1 rings (SSSR count). The summed E-state index contributed by atoms with van der Waals surface area (Å²) in [5.41, 5.74) is 14.7. The lowest BCUT2D eigenvalue weighted by molar-refractivity contribution is 0.733. The Bertz CT molecular complexity index is 336. The normalized spacial score (nSPS) is 11.0. The van der Waals surface area contributed by atoms with Gasteiger partial charge >= 0.3 is 0 Å². The van der Waals surface area contributed by atoms with E-state index >= 15 is 0 Å². The van der Waals surface area contributed by atoms with Crippen molar-refractivity contribution in [2.24, 2.45) is 10.8 Å². The molecule has 1 unspecified atom stereocenters. The first-order valence-corrected chi connectivity index (χ1v) is 4.13. The highest BCUT2D eigenvalue weighted by Crippen LogP contribution is 2.16. The average Bonchev–Trinajstić information content (AvgIpc) is 2.14. The van der Waals surface area contributed by atoms with E-state index in [0.717, 1.165) is 5.56 Å². The highest BCUT2D eigenvalue weighted by molar-refractivity contribution is 6.30. The zero-order valence-corrected chi connectivity index (χ0v) is 8.87. The summed E-state index contributed by atoms with van der Waals surface area (Å²) in [7, 11) is 0. The standard InChI is InChI=1S/C8H9ClN4.ClH/c9-7-3-1-2-6(4-7)8(10)5-12-13-11;/h1-4,8H,5,10H2;1H. The molecular weight excluding hydrogens is 223 g/mol. The van der Waals surface area contributed by atoms with Crippen LogP contribution in [0.1, 0.15) is 11.6 Å². The topological polar surface area (TPSA) is 74.8 Å². The van der Waals surface area contributed by atoms with Gasteiger partial charge in [-0.25, -0.2) is 0 Å². The fraction of sp³-hybridized carbons (Fsp3) is 0.250. The van der Waals surface area contributed by atoms with Gasteiger partial charge in [0.2, 0.25) is 0 Å². The minimum absolute atomic E-state index is 0. The molecule has 0 aliphatic heterocycles. The monoisotopic (exact) mass is 232 g/mol. The van der Waals surface area contributed by atoms with Crippen LogP contribution in [0.25, 0.3) is 10.4 Å². The fourth-order valence-corrected chi connectivity index (χ4v) is 1.17. The van der Waals surface area contributed by atoms with Gasteiger partial charge in [0.15, 0.2) is 0 Å². The Balaban J connectivity index is 0.00000169. The van der Waals surface area contributed by atoms with Crippen LogP contribution >= 0.6 is 24.0 Å². The molecule has 0 aliphatic rings. The van der Waals surface area contributed by atoms with Crippen LogP contribution in [0.4, 0.5) is 0 Å². The first kappa shape index (κ1) is 13.1. The van der Waals surface area contributed by atoms with Crippen molar-refractivity contribution in [2.75, 3.05) is 6.54 Å². The van der Waals surface area contributed by atoms with E-state index in [4.69, 9.17) is 22.9 Å². The molecule has 0 aromatic heterocycles. The van der Waals surface area contributed by atoms with Gasteiger partial charge < -0.3 is 5.73 Å². The minimum Gasteiger partial charge on any atom is -0.324 e. The SMILES string of the molecule is Cl.[N-]=[N+]=NCC(N)c1cccc(Cl)c1. The highest BCUT2D eigenvalue weighted by Gasteiger charge is 2.03. The van der Waals surface area contributed by atoms with E-state index in [1.54, 1.807) is 12.1 Å². The van der Waals surface area contributed by atoms with Gasteiger partial charge in [0, 0.05) is 22.5 Å². The Morgan fingerprint density at radius 1 is 1.57 bits per heavy atom. The molecular formula is C8H10Cl2N4. The van der Waals surface area contributed by atoms with Crippen LogP contribution in [0.15, 0.2) is 29.4 Å². The third-order valence-electron chi connectivity index (χ3n) is 1.62. The molecule has 0 spiro atoms. The summed E-state index contributed by atoms with van der Waals surface area (Å²) in [6, 6.07) is 6.91. The molecule has 0 radical (unpaired) electrons. The number of hydrogen-bond donors (Lipinski definition) is 1. The van der Waals surface area contributed by atoms with Crippen molar-refractivity contribution in [3.05, 3.63) is 45.3 Å². The molecule has 1 atom stereocenters. The van der Waals surface area contributed by atoms with Crippen molar-refractivity contribution in [2.45, 2.75) is 6.04 Å². The molecule has 0 saturated heterocycles. The quantitative estimate of drug-likeness (QED) is 0.486. The van der Waals surface area contributed by atoms with Gasteiger partial charge in [-0.15, -0.1) is 12.4 Å². The Hall–Kier alpha value is -0.930. The van der Waals surface area contributed by atoms with E-state index in [9.17, 15) is 0 Å². The fourth-order valence-electron chi connectivity index (χ4n) is 0.967. The first-order valence-electron chi connectivity index (χ1n) is 3.76. The Morgan fingerprint density at radius 2 is 2.29 bits per heavy atom. The van der Waals surface area contributed by atoms with Crippen LogP contribution in [-0.2, 0) is 0 Å². The molecule has 1 aromatic rings. The first-order chi connectivity index (χ1) is 6.24. The summed E-state index contributed by atoms with van der Waals surface area (Å²) < 4.78 is 0. The predicted molar refractivity (Wildman–Crippen MR) is 59.6 cm³/mol. The summed E-state index contributed by atoms with van der Waals surface area (Å²) >= 11 is 5.76. The van der Waals surface area contributed by atoms with Gasteiger partial charge in [0.1, 0.15) is 0 Å². The van der Waals surface area contributed by atoms with Crippen LogP contribution in [0.2, 0.25) is 5.02 Å². The van der Waals surface area contributed by atoms with Crippen molar-refractivity contribution in [3.8, 4) is 0 Å². The molecule has 76 valence electrons. The number of nitrogens with zero attached hydrogens (tertiary/aromatic N) is 3. The molecule has 0 fully saturated rings. The molecule has 0 bridgehead atoms. The molecule has 0 saturated carbocycles. The zero-order chi connectivity index (χ0) is 9.68. The zero-order valence-electron chi connectivity index (χ0n) is 7.30.